The molecule has 1 aliphatic carbocycles. The summed E-state index contributed by atoms with van der Waals surface area (Å²) in [4.78, 5) is 24.1. The van der Waals surface area contributed by atoms with Gasteiger partial charge < -0.3 is 30.0 Å². The third-order valence-electron chi connectivity index (χ3n) is 6.32. The zero-order valence-electron chi connectivity index (χ0n) is 17.3. The SMILES string of the molecule is COC(=O)C[C@H]1C[C@H]2c3cc(NC(=O)NC4CCCCC4)ccc3O[C@H]2[C@H](CO)O1. The summed E-state index contributed by atoms with van der Waals surface area (Å²) in [6.07, 6.45) is 5.14. The van der Waals surface area contributed by atoms with Gasteiger partial charge in [-0.2, -0.15) is 0 Å². The predicted octanol–water partition coefficient (Wildman–Crippen LogP) is 2.70. The molecular weight excluding hydrogens is 388 g/mol. The molecule has 30 heavy (non-hydrogen) atoms. The van der Waals surface area contributed by atoms with Gasteiger partial charge >= 0.3 is 12.0 Å². The Labute approximate surface area is 176 Å². The van der Waals surface area contributed by atoms with Crippen molar-refractivity contribution < 1.29 is 28.9 Å². The molecule has 4 rings (SSSR count). The highest BCUT2D eigenvalue weighted by molar-refractivity contribution is 5.89. The van der Waals surface area contributed by atoms with E-state index in [4.69, 9.17) is 14.2 Å². The summed E-state index contributed by atoms with van der Waals surface area (Å²) >= 11 is 0. The topological polar surface area (TPSA) is 106 Å². The minimum atomic E-state index is -0.517. The van der Waals surface area contributed by atoms with Gasteiger partial charge in [0.1, 0.15) is 18.0 Å². The van der Waals surface area contributed by atoms with Crippen LogP contribution in [0.4, 0.5) is 10.5 Å². The molecule has 1 aromatic rings. The Morgan fingerprint density at radius 1 is 1.23 bits per heavy atom. The number of ether oxygens (including phenoxy) is 3. The van der Waals surface area contributed by atoms with Gasteiger partial charge in [-0.1, -0.05) is 19.3 Å². The number of urea groups is 1. The first kappa shape index (κ1) is 20.9. The Bertz CT molecular complexity index is 779. The molecule has 8 nitrogen and oxygen atoms in total. The van der Waals surface area contributed by atoms with Gasteiger partial charge in [-0.3, -0.25) is 4.79 Å². The second kappa shape index (κ2) is 9.22. The largest absolute Gasteiger partial charge is 0.487 e. The molecule has 2 heterocycles. The number of hydrogen-bond donors (Lipinski definition) is 3. The van der Waals surface area contributed by atoms with Crippen LogP contribution in [0.1, 0.15) is 56.4 Å². The first-order valence-electron chi connectivity index (χ1n) is 10.8. The maximum absolute atomic E-state index is 12.4. The van der Waals surface area contributed by atoms with E-state index in [1.165, 1.54) is 13.5 Å². The minimum Gasteiger partial charge on any atom is -0.487 e. The van der Waals surface area contributed by atoms with Crippen molar-refractivity contribution in [1.82, 2.24) is 5.32 Å². The fourth-order valence-corrected chi connectivity index (χ4v) is 4.84. The standard InChI is InChI=1S/C22H30N2O6/c1-28-20(26)11-15-10-17-16-9-14(24-22(27)23-13-5-3-2-4-6-13)7-8-18(16)30-21(17)19(12-25)29-15/h7-9,13,15,17,19,21,25H,2-6,10-12H2,1H3,(H2,23,24,27)/t15-,17+,19+,21-/m1/s1. The lowest BCUT2D eigenvalue weighted by atomic mass is 9.84. The number of aliphatic hydroxyl groups excluding tert-OH is 1. The maximum atomic E-state index is 12.4. The van der Waals surface area contributed by atoms with Gasteiger partial charge in [-0.05, 0) is 37.5 Å². The number of nitrogens with one attached hydrogen (secondary N) is 2. The average Bonchev–Trinajstić information content (AvgIpc) is 3.11. The van der Waals surface area contributed by atoms with Crippen LogP contribution in [0.5, 0.6) is 5.75 Å². The van der Waals surface area contributed by atoms with E-state index in [9.17, 15) is 14.7 Å². The van der Waals surface area contributed by atoms with Crippen LogP contribution in [-0.4, -0.2) is 55.2 Å². The Kier molecular flexibility index (Phi) is 6.43. The van der Waals surface area contributed by atoms with E-state index in [0.717, 1.165) is 37.0 Å². The molecular formula is C22H30N2O6. The summed E-state index contributed by atoms with van der Waals surface area (Å²) in [6, 6.07) is 5.63. The van der Waals surface area contributed by atoms with E-state index in [-0.39, 0.29) is 49.2 Å². The van der Waals surface area contributed by atoms with Crippen molar-refractivity contribution in [3.8, 4) is 5.75 Å². The van der Waals surface area contributed by atoms with E-state index in [0.29, 0.717) is 12.1 Å². The molecule has 2 amide bonds. The molecule has 1 aromatic carbocycles. The van der Waals surface area contributed by atoms with E-state index < -0.39 is 6.10 Å². The number of aliphatic hydroxyl groups is 1. The first-order chi connectivity index (χ1) is 14.6. The van der Waals surface area contributed by atoms with Crippen LogP contribution in [0, 0.1) is 0 Å². The van der Waals surface area contributed by atoms with Gasteiger partial charge in [0, 0.05) is 23.2 Å². The van der Waals surface area contributed by atoms with E-state index >= 15 is 0 Å². The number of carbonyl (C=O) groups excluding carboxylic acids is 2. The van der Waals surface area contributed by atoms with Gasteiger partial charge in [-0.15, -0.1) is 0 Å². The normalized spacial score (nSPS) is 28.1. The number of anilines is 1. The maximum Gasteiger partial charge on any atom is 0.319 e. The Morgan fingerprint density at radius 3 is 2.77 bits per heavy atom. The van der Waals surface area contributed by atoms with Crippen molar-refractivity contribution in [2.75, 3.05) is 19.0 Å². The summed E-state index contributed by atoms with van der Waals surface area (Å²) in [5, 5.41) is 15.8. The number of methoxy groups -OCH3 is 1. The summed E-state index contributed by atoms with van der Waals surface area (Å²) in [5.41, 5.74) is 1.66. The van der Waals surface area contributed by atoms with E-state index in [2.05, 4.69) is 10.6 Å². The van der Waals surface area contributed by atoms with Gasteiger partial charge in [0.05, 0.1) is 26.2 Å². The second-order valence-electron chi connectivity index (χ2n) is 8.37. The van der Waals surface area contributed by atoms with Crippen molar-refractivity contribution in [3.63, 3.8) is 0 Å². The highest BCUT2D eigenvalue weighted by Gasteiger charge is 2.46. The smallest absolute Gasteiger partial charge is 0.319 e. The third-order valence-corrected chi connectivity index (χ3v) is 6.32. The van der Waals surface area contributed by atoms with Crippen LogP contribution in [0.15, 0.2) is 18.2 Å². The fourth-order valence-electron chi connectivity index (χ4n) is 4.84. The molecule has 0 unspecified atom stereocenters. The second-order valence-corrected chi connectivity index (χ2v) is 8.37. The zero-order chi connectivity index (χ0) is 21.1. The summed E-state index contributed by atoms with van der Waals surface area (Å²) in [7, 11) is 1.35. The third kappa shape index (κ3) is 4.54. The molecule has 1 saturated carbocycles. The monoisotopic (exact) mass is 418 g/mol. The molecule has 1 saturated heterocycles. The van der Waals surface area contributed by atoms with Crippen LogP contribution in [0.2, 0.25) is 0 Å². The van der Waals surface area contributed by atoms with Gasteiger partial charge in [0.25, 0.3) is 0 Å². The Hall–Kier alpha value is -2.32. The van der Waals surface area contributed by atoms with Gasteiger partial charge in [-0.25, -0.2) is 4.79 Å². The van der Waals surface area contributed by atoms with Crippen LogP contribution >= 0.6 is 0 Å². The Morgan fingerprint density at radius 2 is 2.03 bits per heavy atom. The van der Waals surface area contributed by atoms with Crippen molar-refractivity contribution in [3.05, 3.63) is 23.8 Å². The summed E-state index contributed by atoms with van der Waals surface area (Å²) < 4.78 is 16.7. The van der Waals surface area contributed by atoms with Gasteiger partial charge in [0.15, 0.2) is 0 Å². The highest BCUT2D eigenvalue weighted by Crippen LogP contribution is 2.47. The number of rotatable bonds is 5. The minimum absolute atomic E-state index is 0.0243. The van der Waals surface area contributed by atoms with E-state index in [1.54, 1.807) is 0 Å². The molecule has 4 atom stereocenters. The molecule has 0 spiro atoms. The highest BCUT2D eigenvalue weighted by atomic mass is 16.6. The number of benzene rings is 1. The zero-order valence-corrected chi connectivity index (χ0v) is 17.3. The number of fused-ring (bicyclic) bond motifs is 3. The lowest BCUT2D eigenvalue weighted by Gasteiger charge is -2.36. The number of esters is 1. The van der Waals surface area contributed by atoms with Crippen molar-refractivity contribution >= 4 is 17.7 Å². The van der Waals surface area contributed by atoms with Gasteiger partial charge in [0.2, 0.25) is 0 Å². The average molecular weight is 418 g/mol. The molecule has 3 N–H and O–H groups in total. The van der Waals surface area contributed by atoms with Crippen LogP contribution < -0.4 is 15.4 Å². The van der Waals surface area contributed by atoms with Crippen molar-refractivity contribution in [2.45, 2.75) is 75.2 Å². The molecule has 0 radical (unpaired) electrons. The molecule has 2 aliphatic heterocycles. The molecule has 8 heteroatoms. The van der Waals surface area contributed by atoms with Crippen molar-refractivity contribution in [2.24, 2.45) is 0 Å². The number of amides is 2. The fraction of sp³-hybridized carbons (Fsp3) is 0.636. The van der Waals surface area contributed by atoms with Crippen molar-refractivity contribution in [1.29, 1.82) is 0 Å². The lowest BCUT2D eigenvalue weighted by Crippen LogP contribution is -2.46. The number of hydrogen-bond acceptors (Lipinski definition) is 6. The van der Waals surface area contributed by atoms with Crippen LogP contribution in [-0.2, 0) is 14.3 Å². The lowest BCUT2D eigenvalue weighted by molar-refractivity contribution is -0.156. The first-order valence-corrected chi connectivity index (χ1v) is 10.8. The van der Waals surface area contributed by atoms with E-state index in [1.807, 2.05) is 18.2 Å². The number of carbonyl (C=O) groups is 2. The van der Waals surface area contributed by atoms with Crippen LogP contribution in [0.3, 0.4) is 0 Å². The molecule has 2 fully saturated rings. The van der Waals surface area contributed by atoms with Crippen LogP contribution in [0.25, 0.3) is 0 Å². The summed E-state index contributed by atoms with van der Waals surface area (Å²) in [6.45, 7) is -0.193. The molecule has 0 bridgehead atoms. The quantitative estimate of drug-likeness (QED) is 0.635. The predicted molar refractivity (Wildman–Crippen MR) is 110 cm³/mol. The Balaban J connectivity index is 1.45. The molecule has 0 aromatic heterocycles. The summed E-state index contributed by atoms with van der Waals surface area (Å²) in [5.74, 6) is 0.358. The molecule has 3 aliphatic rings. The molecule has 164 valence electrons.